The fourth-order valence-electron chi connectivity index (χ4n) is 4.86. The molecule has 17 heteroatoms. The first-order valence-corrected chi connectivity index (χ1v) is 16.4. The normalized spacial score (nSPS) is 28.5. The quantitative estimate of drug-likeness (QED) is 0.137. The Labute approximate surface area is 270 Å². The molecule has 0 radical (unpaired) electrons. The van der Waals surface area contributed by atoms with Crippen LogP contribution >= 0.6 is 23.5 Å². The monoisotopic (exact) mass is 682 g/mol. The highest BCUT2D eigenvalue weighted by Crippen LogP contribution is 2.38. The van der Waals surface area contributed by atoms with Gasteiger partial charge in [0.05, 0.1) is 11.2 Å². The fraction of sp³-hybridized carbons (Fsp3) is 0.786. The van der Waals surface area contributed by atoms with Crippen LogP contribution in [0.2, 0.25) is 0 Å². The first kappa shape index (κ1) is 38.6. The van der Waals surface area contributed by atoms with Crippen molar-refractivity contribution in [3.05, 3.63) is 0 Å². The summed E-state index contributed by atoms with van der Waals surface area (Å²) in [6.45, 7) is 10.2. The molecule has 0 amide bonds. The Morgan fingerprint density at radius 2 is 1.22 bits per heavy atom. The second kappa shape index (κ2) is 18.5. The van der Waals surface area contributed by atoms with Crippen LogP contribution in [-0.2, 0) is 71.4 Å². The molecule has 0 aromatic carbocycles. The zero-order valence-corrected chi connectivity index (χ0v) is 28.2. The fourth-order valence-corrected chi connectivity index (χ4v) is 7.52. The van der Waals surface area contributed by atoms with Crippen LogP contribution in [-0.4, -0.2) is 120 Å². The van der Waals surface area contributed by atoms with Crippen LogP contribution in [0.5, 0.6) is 0 Å². The predicted molar refractivity (Wildman–Crippen MR) is 158 cm³/mol. The molecule has 0 aromatic heterocycles. The maximum absolute atomic E-state index is 12.3. The number of carbonyl (C=O) groups is 6. The Kier molecular flexibility index (Phi) is 15.9. The van der Waals surface area contributed by atoms with Crippen LogP contribution in [0.1, 0.15) is 55.4 Å². The van der Waals surface area contributed by atoms with Gasteiger partial charge in [0.1, 0.15) is 24.9 Å². The van der Waals surface area contributed by atoms with Gasteiger partial charge in [0.2, 0.25) is 0 Å². The predicted octanol–water partition coefficient (Wildman–Crippen LogP) is 1.55. The van der Waals surface area contributed by atoms with Gasteiger partial charge in [-0.25, -0.2) is 0 Å². The Morgan fingerprint density at radius 1 is 0.689 bits per heavy atom. The van der Waals surface area contributed by atoms with Gasteiger partial charge in [0.25, 0.3) is 0 Å². The molecule has 256 valence electrons. The van der Waals surface area contributed by atoms with Crippen molar-refractivity contribution in [3.63, 3.8) is 0 Å². The van der Waals surface area contributed by atoms with Crippen LogP contribution in [0.15, 0.2) is 0 Å². The Hall–Kier alpha value is -2.60. The molecular weight excluding hydrogens is 640 g/mol. The molecule has 2 rings (SSSR count). The van der Waals surface area contributed by atoms with E-state index in [1.54, 1.807) is 0 Å². The smallest absolute Gasteiger partial charge is 0.303 e. The third-order valence-electron chi connectivity index (χ3n) is 6.26. The summed E-state index contributed by atoms with van der Waals surface area (Å²) in [6, 6.07) is 0. The molecule has 15 nitrogen and oxygen atoms in total. The second-order valence-electron chi connectivity index (χ2n) is 9.97. The van der Waals surface area contributed by atoms with Crippen molar-refractivity contribution < 1.29 is 71.4 Å². The van der Waals surface area contributed by atoms with Gasteiger partial charge < -0.3 is 42.6 Å². The van der Waals surface area contributed by atoms with Crippen molar-refractivity contribution >= 4 is 59.3 Å². The number of ether oxygens (including phenoxy) is 9. The number of hydrogen-bond donors (Lipinski definition) is 0. The highest BCUT2D eigenvalue weighted by molar-refractivity contribution is 8.17. The topological polar surface area (TPSA) is 185 Å². The van der Waals surface area contributed by atoms with Crippen LogP contribution in [0.3, 0.4) is 0 Å². The van der Waals surface area contributed by atoms with Gasteiger partial charge in [0.15, 0.2) is 36.8 Å². The number of carbonyl (C=O) groups excluding carboxylic acids is 6. The lowest BCUT2D eigenvalue weighted by atomic mass is 9.97. The van der Waals surface area contributed by atoms with Crippen molar-refractivity contribution in [3.8, 4) is 0 Å². The van der Waals surface area contributed by atoms with E-state index in [1.807, 2.05) is 13.8 Å². The van der Waals surface area contributed by atoms with Crippen molar-refractivity contribution in [2.75, 3.05) is 24.7 Å². The lowest BCUT2D eigenvalue weighted by molar-refractivity contribution is -0.324. The molecular formula is C28H42O15S2. The average molecular weight is 683 g/mol. The van der Waals surface area contributed by atoms with Crippen LogP contribution in [0, 0.1) is 0 Å². The van der Waals surface area contributed by atoms with Gasteiger partial charge in [-0.15, -0.1) is 23.5 Å². The summed E-state index contributed by atoms with van der Waals surface area (Å²) in [5, 5.41) is 0. The van der Waals surface area contributed by atoms with Gasteiger partial charge in [-0.3, -0.25) is 28.8 Å². The van der Waals surface area contributed by atoms with E-state index >= 15 is 0 Å². The molecule has 2 fully saturated rings. The molecule has 0 aliphatic carbocycles. The van der Waals surface area contributed by atoms with Crippen molar-refractivity contribution in [2.24, 2.45) is 0 Å². The third-order valence-corrected chi connectivity index (χ3v) is 8.93. The van der Waals surface area contributed by atoms with E-state index in [-0.39, 0.29) is 11.2 Å². The van der Waals surface area contributed by atoms with E-state index in [4.69, 9.17) is 42.6 Å². The summed E-state index contributed by atoms with van der Waals surface area (Å²) in [6.07, 6.45) is -11.3. The number of rotatable bonds is 15. The van der Waals surface area contributed by atoms with E-state index in [1.165, 1.54) is 37.4 Å². The van der Waals surface area contributed by atoms with E-state index in [0.717, 1.165) is 27.7 Å². The molecule has 0 aromatic rings. The highest BCUT2D eigenvalue weighted by atomic mass is 32.2. The van der Waals surface area contributed by atoms with Gasteiger partial charge in [-0.1, -0.05) is 13.8 Å². The molecule has 2 heterocycles. The molecule has 0 N–H and O–H groups in total. The molecule has 2 aliphatic heterocycles. The van der Waals surface area contributed by atoms with Gasteiger partial charge in [-0.2, -0.15) is 0 Å². The highest BCUT2D eigenvalue weighted by Gasteiger charge is 2.56. The van der Waals surface area contributed by atoms with E-state index in [9.17, 15) is 28.8 Å². The van der Waals surface area contributed by atoms with Crippen LogP contribution in [0.4, 0.5) is 0 Å². The standard InChI is InChI=1S/C28H42O15S2/c1-9-44-28(45-10-2)26(41-18(8)34)23-21(19(12-36-23)37-14(4)30)43-27-25(40-17(7)33)24(39-16(6)32)22(38-15(5)31)20(42-27)11-35-13(3)29/h19-28H,9-12H2,1-8H3/t19-,20+,21+,22-,23+,24-,25+,26-,27-/m0/s1. The lowest BCUT2D eigenvalue weighted by Crippen LogP contribution is -2.64. The minimum absolute atomic E-state index is 0.141. The summed E-state index contributed by atoms with van der Waals surface area (Å²) in [7, 11) is 0. The van der Waals surface area contributed by atoms with Crippen molar-refractivity contribution in [2.45, 2.75) is 115 Å². The lowest BCUT2D eigenvalue weighted by Gasteiger charge is -2.45. The summed E-state index contributed by atoms with van der Waals surface area (Å²) >= 11 is 3.04. The minimum Gasteiger partial charge on any atom is -0.463 e. The maximum Gasteiger partial charge on any atom is 0.303 e. The minimum atomic E-state index is -1.58. The molecule has 2 aliphatic rings. The third kappa shape index (κ3) is 11.9. The Balaban J connectivity index is 2.64. The first-order valence-electron chi connectivity index (χ1n) is 14.3. The summed E-state index contributed by atoms with van der Waals surface area (Å²) in [5.41, 5.74) is 0. The summed E-state index contributed by atoms with van der Waals surface area (Å²) in [5.74, 6) is -2.96. The average Bonchev–Trinajstić information content (AvgIpc) is 3.29. The largest absolute Gasteiger partial charge is 0.463 e. The second-order valence-corrected chi connectivity index (χ2v) is 13.1. The number of thioether (sulfide) groups is 2. The van der Waals surface area contributed by atoms with Crippen molar-refractivity contribution in [1.82, 2.24) is 0 Å². The Bertz CT molecular complexity index is 1050. The number of hydrogen-bond acceptors (Lipinski definition) is 17. The van der Waals surface area contributed by atoms with Gasteiger partial charge >= 0.3 is 35.8 Å². The molecule has 0 spiro atoms. The van der Waals surface area contributed by atoms with Gasteiger partial charge in [-0.05, 0) is 11.5 Å². The van der Waals surface area contributed by atoms with E-state index in [0.29, 0.717) is 11.5 Å². The molecule has 2 saturated heterocycles. The van der Waals surface area contributed by atoms with E-state index in [2.05, 4.69) is 0 Å². The Morgan fingerprint density at radius 3 is 1.71 bits per heavy atom. The molecule has 45 heavy (non-hydrogen) atoms. The van der Waals surface area contributed by atoms with Crippen LogP contribution in [0.25, 0.3) is 0 Å². The summed E-state index contributed by atoms with van der Waals surface area (Å²) in [4.78, 5) is 72.6. The maximum atomic E-state index is 12.3. The molecule has 0 saturated carbocycles. The molecule has 0 unspecified atom stereocenters. The zero-order valence-electron chi connectivity index (χ0n) is 26.5. The van der Waals surface area contributed by atoms with Crippen molar-refractivity contribution in [1.29, 1.82) is 0 Å². The van der Waals surface area contributed by atoms with Gasteiger partial charge in [0, 0.05) is 41.5 Å². The summed E-state index contributed by atoms with van der Waals surface area (Å²) < 4.78 is 51.0. The van der Waals surface area contributed by atoms with E-state index < -0.39 is 97.5 Å². The molecule has 0 bridgehead atoms. The SMILES string of the molecule is CCSC(SCC)[C@@H](OC(C)=O)[C@@H]1OC[C@H](OC(C)=O)[C@H]1O[C@@H]1O[C@H](COC(C)=O)[C@H](OC(C)=O)[C@H](OC(C)=O)[C@H]1OC(C)=O. The first-order chi connectivity index (χ1) is 21.2. The van der Waals surface area contributed by atoms with Crippen LogP contribution < -0.4 is 0 Å². The number of esters is 6. The molecule has 9 atom stereocenters. The zero-order chi connectivity index (χ0) is 33.8.